The molecule has 1 aromatic rings. The van der Waals surface area contributed by atoms with E-state index in [2.05, 4.69) is 39.0 Å². The maximum atomic E-state index is 6.02. The summed E-state index contributed by atoms with van der Waals surface area (Å²) in [6.45, 7) is 7.36. The van der Waals surface area contributed by atoms with Gasteiger partial charge in [0.2, 0.25) is 0 Å². The van der Waals surface area contributed by atoms with Crippen molar-refractivity contribution in [2.75, 3.05) is 6.54 Å². The lowest BCUT2D eigenvalue weighted by molar-refractivity contribution is 0.433. The fourth-order valence-corrected chi connectivity index (χ4v) is 2.76. The standard InChI is InChI=1S/C15H24N2/c1-14(2,3)12-7-6-8-13(17-12)15(11-16)9-4-5-10-15/h6-8H,4-5,9-11,16H2,1-3H3. The molecule has 1 fully saturated rings. The number of pyridine rings is 1. The van der Waals surface area contributed by atoms with Crippen LogP contribution < -0.4 is 5.73 Å². The lowest BCUT2D eigenvalue weighted by Gasteiger charge is -2.28. The molecule has 0 bridgehead atoms. The van der Waals surface area contributed by atoms with Crippen LogP contribution >= 0.6 is 0 Å². The van der Waals surface area contributed by atoms with Gasteiger partial charge >= 0.3 is 0 Å². The topological polar surface area (TPSA) is 38.9 Å². The fourth-order valence-electron chi connectivity index (χ4n) is 2.76. The van der Waals surface area contributed by atoms with Gasteiger partial charge in [-0.05, 0) is 25.0 Å². The number of hydrogen-bond acceptors (Lipinski definition) is 2. The van der Waals surface area contributed by atoms with Crippen LogP contribution in [0.25, 0.3) is 0 Å². The molecule has 2 N–H and O–H groups in total. The maximum absolute atomic E-state index is 6.02. The van der Waals surface area contributed by atoms with E-state index in [1.165, 1.54) is 37.1 Å². The molecule has 0 atom stereocenters. The zero-order chi connectivity index (χ0) is 12.5. The van der Waals surface area contributed by atoms with Crippen molar-refractivity contribution in [1.29, 1.82) is 0 Å². The first-order chi connectivity index (χ1) is 7.98. The summed E-state index contributed by atoms with van der Waals surface area (Å²) in [7, 11) is 0. The van der Waals surface area contributed by atoms with Crippen LogP contribution in [0.2, 0.25) is 0 Å². The van der Waals surface area contributed by atoms with Gasteiger partial charge in [-0.3, -0.25) is 4.98 Å². The Kier molecular flexibility index (Phi) is 3.26. The smallest absolute Gasteiger partial charge is 0.0481 e. The Balaban J connectivity index is 2.39. The van der Waals surface area contributed by atoms with Crippen molar-refractivity contribution in [2.45, 2.75) is 57.3 Å². The third-order valence-corrected chi connectivity index (χ3v) is 4.01. The lowest BCUT2D eigenvalue weighted by atomic mass is 9.81. The van der Waals surface area contributed by atoms with Crippen LogP contribution in [0.15, 0.2) is 18.2 Å². The van der Waals surface area contributed by atoms with Crippen molar-refractivity contribution >= 4 is 0 Å². The van der Waals surface area contributed by atoms with Crippen molar-refractivity contribution in [2.24, 2.45) is 5.73 Å². The van der Waals surface area contributed by atoms with Crippen molar-refractivity contribution in [3.8, 4) is 0 Å². The Labute approximate surface area is 105 Å². The minimum Gasteiger partial charge on any atom is -0.330 e. The van der Waals surface area contributed by atoms with E-state index in [0.29, 0.717) is 0 Å². The van der Waals surface area contributed by atoms with Crippen LogP contribution in [-0.4, -0.2) is 11.5 Å². The van der Waals surface area contributed by atoms with E-state index in [0.717, 1.165) is 6.54 Å². The molecule has 0 amide bonds. The van der Waals surface area contributed by atoms with Gasteiger partial charge in [0.15, 0.2) is 0 Å². The van der Waals surface area contributed by atoms with Crippen LogP contribution in [0.5, 0.6) is 0 Å². The number of aromatic nitrogens is 1. The molecule has 94 valence electrons. The average molecular weight is 232 g/mol. The highest BCUT2D eigenvalue weighted by Gasteiger charge is 2.36. The third-order valence-electron chi connectivity index (χ3n) is 4.01. The van der Waals surface area contributed by atoms with E-state index in [9.17, 15) is 0 Å². The second-order valence-corrected chi connectivity index (χ2v) is 6.35. The van der Waals surface area contributed by atoms with Gasteiger partial charge in [0.25, 0.3) is 0 Å². The minimum absolute atomic E-state index is 0.115. The summed E-state index contributed by atoms with van der Waals surface area (Å²) in [6, 6.07) is 6.43. The molecule has 1 aliphatic rings. The molecule has 0 spiro atoms. The molecule has 2 heteroatoms. The van der Waals surface area contributed by atoms with Gasteiger partial charge in [0, 0.05) is 28.8 Å². The van der Waals surface area contributed by atoms with Crippen molar-refractivity contribution in [3.63, 3.8) is 0 Å². The van der Waals surface area contributed by atoms with Gasteiger partial charge in [-0.15, -0.1) is 0 Å². The monoisotopic (exact) mass is 232 g/mol. The highest BCUT2D eigenvalue weighted by atomic mass is 14.8. The summed E-state index contributed by atoms with van der Waals surface area (Å²) in [6.07, 6.45) is 4.98. The van der Waals surface area contributed by atoms with Crippen LogP contribution in [-0.2, 0) is 10.8 Å². The lowest BCUT2D eigenvalue weighted by Crippen LogP contribution is -2.33. The Morgan fingerprint density at radius 3 is 2.41 bits per heavy atom. The van der Waals surface area contributed by atoms with Gasteiger partial charge in [-0.25, -0.2) is 0 Å². The van der Waals surface area contributed by atoms with Gasteiger partial charge in [0.05, 0.1) is 0 Å². The molecule has 0 radical (unpaired) electrons. The number of rotatable bonds is 2. The summed E-state index contributed by atoms with van der Waals surface area (Å²) in [5.41, 5.74) is 8.68. The molecular formula is C15H24N2. The van der Waals surface area contributed by atoms with Crippen LogP contribution in [0.1, 0.15) is 57.8 Å². The molecule has 1 saturated carbocycles. The Morgan fingerprint density at radius 2 is 1.88 bits per heavy atom. The first-order valence-corrected chi connectivity index (χ1v) is 6.66. The van der Waals surface area contributed by atoms with Crippen LogP contribution in [0.3, 0.4) is 0 Å². The second-order valence-electron chi connectivity index (χ2n) is 6.35. The van der Waals surface area contributed by atoms with E-state index < -0.39 is 0 Å². The van der Waals surface area contributed by atoms with Crippen LogP contribution in [0, 0.1) is 0 Å². The largest absolute Gasteiger partial charge is 0.330 e. The maximum Gasteiger partial charge on any atom is 0.0481 e. The van der Waals surface area contributed by atoms with E-state index in [-0.39, 0.29) is 10.8 Å². The molecule has 17 heavy (non-hydrogen) atoms. The molecule has 0 aliphatic heterocycles. The SMILES string of the molecule is CC(C)(C)c1cccc(C2(CN)CCCC2)n1. The van der Waals surface area contributed by atoms with E-state index in [1.54, 1.807) is 0 Å². The predicted molar refractivity (Wildman–Crippen MR) is 72.1 cm³/mol. The minimum atomic E-state index is 0.115. The molecule has 1 aliphatic carbocycles. The number of nitrogens with zero attached hydrogens (tertiary/aromatic N) is 1. The van der Waals surface area contributed by atoms with Crippen molar-refractivity contribution in [3.05, 3.63) is 29.6 Å². The Morgan fingerprint density at radius 1 is 1.24 bits per heavy atom. The summed E-state index contributed by atoms with van der Waals surface area (Å²) < 4.78 is 0. The van der Waals surface area contributed by atoms with E-state index >= 15 is 0 Å². The quantitative estimate of drug-likeness (QED) is 0.850. The second kappa shape index (κ2) is 4.41. The van der Waals surface area contributed by atoms with E-state index in [1.807, 2.05) is 0 Å². The van der Waals surface area contributed by atoms with Crippen molar-refractivity contribution < 1.29 is 0 Å². The molecule has 0 aromatic carbocycles. The summed E-state index contributed by atoms with van der Waals surface area (Å²) in [5.74, 6) is 0. The molecule has 0 saturated heterocycles. The van der Waals surface area contributed by atoms with Gasteiger partial charge in [0.1, 0.15) is 0 Å². The summed E-state index contributed by atoms with van der Waals surface area (Å²) in [5, 5.41) is 0. The molecule has 2 rings (SSSR count). The fraction of sp³-hybridized carbons (Fsp3) is 0.667. The molecule has 1 aromatic heterocycles. The van der Waals surface area contributed by atoms with Gasteiger partial charge in [-0.1, -0.05) is 39.7 Å². The average Bonchev–Trinajstić information content (AvgIpc) is 2.78. The molecular weight excluding hydrogens is 208 g/mol. The van der Waals surface area contributed by atoms with Crippen LogP contribution in [0.4, 0.5) is 0 Å². The van der Waals surface area contributed by atoms with Gasteiger partial charge < -0.3 is 5.73 Å². The first kappa shape index (κ1) is 12.6. The zero-order valence-corrected chi connectivity index (χ0v) is 11.3. The zero-order valence-electron chi connectivity index (χ0n) is 11.3. The summed E-state index contributed by atoms with van der Waals surface area (Å²) >= 11 is 0. The number of nitrogens with two attached hydrogens (primary N) is 1. The Bertz CT molecular complexity index is 384. The normalized spacial score (nSPS) is 19.5. The van der Waals surface area contributed by atoms with Crippen molar-refractivity contribution in [1.82, 2.24) is 4.98 Å². The first-order valence-electron chi connectivity index (χ1n) is 6.66. The summed E-state index contributed by atoms with van der Waals surface area (Å²) in [4.78, 5) is 4.89. The highest BCUT2D eigenvalue weighted by molar-refractivity contribution is 5.25. The third kappa shape index (κ3) is 2.37. The highest BCUT2D eigenvalue weighted by Crippen LogP contribution is 2.39. The van der Waals surface area contributed by atoms with Gasteiger partial charge in [-0.2, -0.15) is 0 Å². The predicted octanol–water partition coefficient (Wildman–Crippen LogP) is 3.15. The molecule has 0 unspecified atom stereocenters. The molecule has 1 heterocycles. The van der Waals surface area contributed by atoms with E-state index in [4.69, 9.17) is 10.7 Å². The Hall–Kier alpha value is -0.890. The number of hydrogen-bond donors (Lipinski definition) is 1. The molecule has 2 nitrogen and oxygen atoms in total.